The van der Waals surface area contributed by atoms with E-state index in [2.05, 4.69) is 12.2 Å². The number of nitrogens with one attached hydrogen (secondary N) is 1. The predicted octanol–water partition coefficient (Wildman–Crippen LogP) is 5.62. The van der Waals surface area contributed by atoms with Gasteiger partial charge < -0.3 is 5.32 Å². The molecule has 1 unspecified atom stereocenters. The van der Waals surface area contributed by atoms with Crippen molar-refractivity contribution < 1.29 is 17.6 Å². The Hall–Kier alpha value is -1.26. The van der Waals surface area contributed by atoms with Crippen LogP contribution < -0.4 is 5.32 Å². The zero-order chi connectivity index (χ0) is 15.2. The van der Waals surface area contributed by atoms with Gasteiger partial charge in [-0.25, -0.2) is 4.39 Å². The van der Waals surface area contributed by atoms with Gasteiger partial charge in [0.2, 0.25) is 0 Å². The molecule has 114 valence electrons. The van der Waals surface area contributed by atoms with Gasteiger partial charge in [0.1, 0.15) is 5.82 Å². The fourth-order valence-electron chi connectivity index (χ4n) is 2.03. The number of anilines is 1. The lowest BCUT2D eigenvalue weighted by atomic mass is 10.1. The van der Waals surface area contributed by atoms with Gasteiger partial charge in [-0.1, -0.05) is 32.6 Å². The van der Waals surface area contributed by atoms with Gasteiger partial charge in [-0.2, -0.15) is 13.2 Å². The van der Waals surface area contributed by atoms with Gasteiger partial charge in [0.15, 0.2) is 0 Å². The molecule has 0 radical (unpaired) electrons. The van der Waals surface area contributed by atoms with Crippen LogP contribution in [-0.4, -0.2) is 6.04 Å². The van der Waals surface area contributed by atoms with Crippen LogP contribution in [0.4, 0.5) is 23.2 Å². The number of rotatable bonds is 7. The summed E-state index contributed by atoms with van der Waals surface area (Å²) in [6, 6.07) is 2.39. The molecule has 0 aliphatic heterocycles. The van der Waals surface area contributed by atoms with Crippen molar-refractivity contribution in [2.45, 2.75) is 58.2 Å². The van der Waals surface area contributed by atoms with Crippen LogP contribution in [-0.2, 0) is 6.18 Å². The first-order chi connectivity index (χ1) is 9.34. The highest BCUT2D eigenvalue weighted by molar-refractivity contribution is 5.48. The average Bonchev–Trinajstić information content (AvgIpc) is 2.36. The molecule has 1 aromatic rings. The second-order valence-electron chi connectivity index (χ2n) is 5.09. The van der Waals surface area contributed by atoms with Crippen molar-refractivity contribution in [3.05, 3.63) is 29.6 Å². The third-order valence-corrected chi connectivity index (χ3v) is 3.19. The molecule has 0 aromatic heterocycles. The van der Waals surface area contributed by atoms with E-state index in [1.807, 2.05) is 6.92 Å². The van der Waals surface area contributed by atoms with Crippen LogP contribution in [0, 0.1) is 5.82 Å². The van der Waals surface area contributed by atoms with E-state index >= 15 is 0 Å². The van der Waals surface area contributed by atoms with Crippen LogP contribution in [0.25, 0.3) is 0 Å². The Morgan fingerprint density at radius 2 is 1.85 bits per heavy atom. The second kappa shape index (κ2) is 7.50. The second-order valence-corrected chi connectivity index (χ2v) is 5.09. The predicted molar refractivity (Wildman–Crippen MR) is 73.2 cm³/mol. The lowest BCUT2D eigenvalue weighted by Gasteiger charge is -2.17. The minimum Gasteiger partial charge on any atom is -0.380 e. The van der Waals surface area contributed by atoms with Gasteiger partial charge >= 0.3 is 6.18 Å². The number of halogens is 4. The Balaban J connectivity index is 2.62. The molecule has 0 aliphatic carbocycles. The maximum absolute atomic E-state index is 13.5. The molecule has 0 aliphatic rings. The maximum Gasteiger partial charge on any atom is 0.416 e. The molecule has 5 heteroatoms. The number of benzene rings is 1. The van der Waals surface area contributed by atoms with E-state index < -0.39 is 17.6 Å². The molecule has 0 fully saturated rings. The highest BCUT2D eigenvalue weighted by Crippen LogP contribution is 2.32. The van der Waals surface area contributed by atoms with Crippen molar-refractivity contribution in [2.24, 2.45) is 0 Å². The summed E-state index contributed by atoms with van der Waals surface area (Å²) in [6.07, 6.45) is 0.717. The molecule has 0 spiro atoms. The van der Waals surface area contributed by atoms with E-state index in [0.29, 0.717) is 0 Å². The monoisotopic (exact) mass is 291 g/mol. The lowest BCUT2D eigenvalue weighted by Crippen LogP contribution is -2.17. The quantitative estimate of drug-likeness (QED) is 0.508. The lowest BCUT2D eigenvalue weighted by molar-refractivity contribution is -0.137. The first-order valence-corrected chi connectivity index (χ1v) is 6.98. The third-order valence-electron chi connectivity index (χ3n) is 3.19. The number of hydrogen-bond donors (Lipinski definition) is 1. The summed E-state index contributed by atoms with van der Waals surface area (Å²) in [7, 11) is 0. The molecule has 1 nitrogen and oxygen atoms in total. The molecule has 0 bridgehead atoms. The molecular weight excluding hydrogens is 270 g/mol. The van der Waals surface area contributed by atoms with E-state index in [1.54, 1.807) is 0 Å². The van der Waals surface area contributed by atoms with Gasteiger partial charge in [0, 0.05) is 6.04 Å². The van der Waals surface area contributed by atoms with E-state index in [9.17, 15) is 17.6 Å². The van der Waals surface area contributed by atoms with Crippen molar-refractivity contribution in [1.29, 1.82) is 0 Å². The molecule has 20 heavy (non-hydrogen) atoms. The molecule has 0 saturated heterocycles. The van der Waals surface area contributed by atoms with E-state index in [0.717, 1.165) is 50.3 Å². The number of hydrogen-bond acceptors (Lipinski definition) is 1. The summed E-state index contributed by atoms with van der Waals surface area (Å²) in [6.45, 7) is 3.96. The minimum atomic E-state index is -4.45. The van der Waals surface area contributed by atoms with Crippen molar-refractivity contribution in [3.63, 3.8) is 0 Å². The van der Waals surface area contributed by atoms with E-state index in [1.165, 1.54) is 0 Å². The zero-order valence-electron chi connectivity index (χ0n) is 11.9. The van der Waals surface area contributed by atoms with Crippen LogP contribution in [0.5, 0.6) is 0 Å². The molecule has 1 aromatic carbocycles. The number of unbranched alkanes of at least 4 members (excludes halogenated alkanes) is 3. The maximum atomic E-state index is 13.5. The van der Waals surface area contributed by atoms with Crippen LogP contribution in [0.2, 0.25) is 0 Å². The fraction of sp³-hybridized carbons (Fsp3) is 0.600. The Bertz CT molecular complexity index is 415. The normalized spacial score (nSPS) is 13.3. The zero-order valence-corrected chi connectivity index (χ0v) is 11.9. The summed E-state index contributed by atoms with van der Waals surface area (Å²) >= 11 is 0. The molecule has 1 N–H and O–H groups in total. The molecule has 1 rings (SSSR count). The molecule has 0 saturated carbocycles. The van der Waals surface area contributed by atoms with Crippen LogP contribution in [0.1, 0.15) is 51.5 Å². The van der Waals surface area contributed by atoms with E-state index in [4.69, 9.17) is 0 Å². The molecular formula is C15H21F4N. The number of alkyl halides is 3. The SMILES string of the molecule is CCCCCCC(C)Nc1cc(C(F)(F)F)ccc1F. The molecule has 0 amide bonds. The van der Waals surface area contributed by atoms with Gasteiger partial charge in [-0.3, -0.25) is 0 Å². The summed E-state index contributed by atoms with van der Waals surface area (Å²) in [5.74, 6) is -0.654. The van der Waals surface area contributed by atoms with Gasteiger partial charge in [-0.05, 0) is 31.5 Å². The first-order valence-electron chi connectivity index (χ1n) is 6.98. The fourth-order valence-corrected chi connectivity index (χ4v) is 2.03. The average molecular weight is 291 g/mol. The van der Waals surface area contributed by atoms with Gasteiger partial charge in [-0.15, -0.1) is 0 Å². The van der Waals surface area contributed by atoms with Crippen LogP contribution >= 0.6 is 0 Å². The highest BCUT2D eigenvalue weighted by Gasteiger charge is 2.31. The largest absolute Gasteiger partial charge is 0.416 e. The third kappa shape index (κ3) is 5.39. The minimum absolute atomic E-state index is 0.0511. The Morgan fingerprint density at radius 1 is 1.15 bits per heavy atom. The summed E-state index contributed by atoms with van der Waals surface area (Å²) in [5.41, 5.74) is -0.914. The Kier molecular flexibility index (Phi) is 6.30. The summed E-state index contributed by atoms with van der Waals surface area (Å²) in [5, 5.41) is 2.82. The molecule has 1 atom stereocenters. The van der Waals surface area contributed by atoms with Crippen LogP contribution in [0.15, 0.2) is 18.2 Å². The van der Waals surface area contributed by atoms with Crippen molar-refractivity contribution >= 4 is 5.69 Å². The smallest absolute Gasteiger partial charge is 0.380 e. The summed E-state index contributed by atoms with van der Waals surface area (Å²) < 4.78 is 51.3. The van der Waals surface area contributed by atoms with Gasteiger partial charge in [0.25, 0.3) is 0 Å². The van der Waals surface area contributed by atoms with E-state index in [-0.39, 0.29) is 11.7 Å². The van der Waals surface area contributed by atoms with Crippen molar-refractivity contribution in [1.82, 2.24) is 0 Å². The van der Waals surface area contributed by atoms with Crippen molar-refractivity contribution in [2.75, 3.05) is 5.32 Å². The standard InChI is InChI=1S/C15H21F4N/c1-3-4-5-6-7-11(2)20-14-10-12(15(17,18)19)8-9-13(14)16/h8-11,20H,3-7H2,1-2H3. The molecule has 0 heterocycles. The Morgan fingerprint density at radius 3 is 2.45 bits per heavy atom. The Labute approximate surface area is 117 Å². The summed E-state index contributed by atoms with van der Waals surface area (Å²) in [4.78, 5) is 0. The van der Waals surface area contributed by atoms with Crippen molar-refractivity contribution in [3.8, 4) is 0 Å². The van der Waals surface area contributed by atoms with Crippen LogP contribution in [0.3, 0.4) is 0 Å². The topological polar surface area (TPSA) is 12.0 Å². The highest BCUT2D eigenvalue weighted by atomic mass is 19.4. The first kappa shape index (κ1) is 16.8. The van der Waals surface area contributed by atoms with Gasteiger partial charge in [0.05, 0.1) is 11.3 Å².